The van der Waals surface area contributed by atoms with Crippen molar-refractivity contribution in [2.75, 3.05) is 4.90 Å². The topological polar surface area (TPSA) is 79.4 Å². The van der Waals surface area contributed by atoms with Crippen LogP contribution in [-0.2, 0) is 11.4 Å². The van der Waals surface area contributed by atoms with Crippen LogP contribution >= 0.6 is 39.1 Å². The summed E-state index contributed by atoms with van der Waals surface area (Å²) in [4.78, 5) is 15.4. The Balaban J connectivity index is 1.64. The Morgan fingerprint density at radius 2 is 1.85 bits per heavy atom. The zero-order valence-electron chi connectivity index (χ0n) is 21.5. The van der Waals surface area contributed by atoms with Gasteiger partial charge >= 0.3 is 0 Å². The summed E-state index contributed by atoms with van der Waals surface area (Å²) in [6, 6.07) is 19.4. The molecule has 2 aliphatic rings. The highest BCUT2D eigenvalue weighted by atomic mass is 79.9. The molecular formula is C31H26BrCl2N3O2. The van der Waals surface area contributed by atoms with Crippen LogP contribution in [0.4, 0.5) is 5.69 Å². The third kappa shape index (κ3) is 5.07. The first-order valence-electron chi connectivity index (χ1n) is 12.6. The number of ether oxygens (including phenoxy) is 1. The molecule has 3 aromatic carbocycles. The minimum atomic E-state index is -0.570. The van der Waals surface area contributed by atoms with E-state index in [4.69, 9.17) is 33.7 Å². The Morgan fingerprint density at radius 3 is 2.56 bits per heavy atom. The first-order valence-corrected chi connectivity index (χ1v) is 14.1. The van der Waals surface area contributed by atoms with Gasteiger partial charge in [-0.3, -0.25) is 9.69 Å². The molecule has 2 N–H and O–H groups in total. The molecule has 1 heterocycles. The second kappa shape index (κ2) is 11.1. The zero-order chi connectivity index (χ0) is 27.8. The average Bonchev–Trinajstić information content (AvgIpc) is 2.90. The summed E-state index contributed by atoms with van der Waals surface area (Å²) in [6.07, 6.45) is 1.78. The molecule has 1 aliphatic heterocycles. The maximum Gasteiger partial charge on any atom is 0.161 e. The molecule has 0 saturated carbocycles. The van der Waals surface area contributed by atoms with Crippen LogP contribution in [0.1, 0.15) is 47.4 Å². The first kappa shape index (κ1) is 27.3. The number of nitrogens with two attached hydrogens (primary N) is 1. The van der Waals surface area contributed by atoms with Crippen LogP contribution in [0.5, 0.6) is 5.75 Å². The third-order valence-electron chi connectivity index (χ3n) is 7.33. The number of allylic oxidation sites excluding steroid dienone is 3. The summed E-state index contributed by atoms with van der Waals surface area (Å²) in [7, 11) is 0. The van der Waals surface area contributed by atoms with Crippen molar-refractivity contribution in [3.05, 3.63) is 114 Å². The van der Waals surface area contributed by atoms with Gasteiger partial charge in [-0.2, -0.15) is 5.26 Å². The Hall–Kier alpha value is -3.24. The number of hydrogen-bond donors (Lipinski definition) is 1. The summed E-state index contributed by atoms with van der Waals surface area (Å²) in [5, 5.41) is 11.2. The van der Waals surface area contributed by atoms with Gasteiger partial charge in [0.05, 0.1) is 32.1 Å². The number of benzene rings is 3. The molecule has 3 aromatic rings. The lowest BCUT2D eigenvalue weighted by Crippen LogP contribution is -2.39. The quantitative estimate of drug-likeness (QED) is 0.310. The van der Waals surface area contributed by atoms with E-state index in [0.717, 1.165) is 38.2 Å². The van der Waals surface area contributed by atoms with Crippen molar-refractivity contribution in [2.45, 2.75) is 45.6 Å². The maximum absolute atomic E-state index is 13.6. The molecule has 5 nitrogen and oxygen atoms in total. The largest absolute Gasteiger partial charge is 0.488 e. The Morgan fingerprint density at radius 1 is 1.08 bits per heavy atom. The number of rotatable bonds is 5. The van der Waals surface area contributed by atoms with Crippen LogP contribution in [-0.4, -0.2) is 5.78 Å². The van der Waals surface area contributed by atoms with Gasteiger partial charge in [0.2, 0.25) is 0 Å². The Labute approximate surface area is 246 Å². The second-order valence-electron chi connectivity index (χ2n) is 9.77. The fraction of sp³-hybridized carbons (Fsp3) is 0.226. The molecule has 5 rings (SSSR count). The number of hydrogen-bond acceptors (Lipinski definition) is 5. The van der Waals surface area contributed by atoms with E-state index in [1.54, 1.807) is 23.1 Å². The van der Waals surface area contributed by atoms with Gasteiger partial charge in [-0.1, -0.05) is 47.5 Å². The molecule has 0 bridgehead atoms. The number of nitriles is 1. The van der Waals surface area contributed by atoms with Crippen molar-refractivity contribution in [3.63, 3.8) is 0 Å². The Kier molecular flexibility index (Phi) is 7.77. The molecular weight excluding hydrogens is 597 g/mol. The van der Waals surface area contributed by atoms with E-state index in [1.165, 1.54) is 0 Å². The number of carbonyl (C=O) groups excluding carboxylic acids is 1. The molecule has 0 amide bonds. The molecule has 198 valence electrons. The van der Waals surface area contributed by atoms with Crippen molar-refractivity contribution in [1.29, 1.82) is 5.26 Å². The maximum atomic E-state index is 13.6. The van der Waals surface area contributed by atoms with E-state index in [-0.39, 0.29) is 5.78 Å². The monoisotopic (exact) mass is 621 g/mol. The highest BCUT2D eigenvalue weighted by molar-refractivity contribution is 9.10. The summed E-state index contributed by atoms with van der Waals surface area (Å²) in [6.45, 7) is 4.38. The lowest BCUT2D eigenvalue weighted by Gasteiger charge is -2.40. The van der Waals surface area contributed by atoms with Crippen LogP contribution in [0.25, 0.3) is 0 Å². The van der Waals surface area contributed by atoms with Gasteiger partial charge in [-0.25, -0.2) is 0 Å². The smallest absolute Gasteiger partial charge is 0.161 e. The fourth-order valence-corrected chi connectivity index (χ4v) is 6.11. The van der Waals surface area contributed by atoms with Crippen LogP contribution in [0.2, 0.25) is 10.0 Å². The number of aryl methyl sites for hydroxylation is 2. The lowest BCUT2D eigenvalue weighted by molar-refractivity contribution is -0.116. The summed E-state index contributed by atoms with van der Waals surface area (Å²) >= 11 is 16.0. The number of para-hydroxylation sites is 1. The van der Waals surface area contributed by atoms with Gasteiger partial charge in [0, 0.05) is 23.4 Å². The van der Waals surface area contributed by atoms with E-state index >= 15 is 0 Å². The molecule has 8 heteroatoms. The minimum Gasteiger partial charge on any atom is -0.488 e. The highest BCUT2D eigenvalue weighted by Crippen LogP contribution is 2.47. The second-order valence-corrected chi connectivity index (χ2v) is 11.4. The van der Waals surface area contributed by atoms with E-state index in [2.05, 4.69) is 34.1 Å². The van der Waals surface area contributed by atoms with Gasteiger partial charge in [-0.05, 0) is 95.2 Å². The predicted octanol–water partition coefficient (Wildman–Crippen LogP) is 8.26. The fourth-order valence-electron chi connectivity index (χ4n) is 5.42. The van der Waals surface area contributed by atoms with Crippen molar-refractivity contribution in [2.24, 2.45) is 5.73 Å². The van der Waals surface area contributed by atoms with Crippen molar-refractivity contribution < 1.29 is 9.53 Å². The van der Waals surface area contributed by atoms with Crippen LogP contribution in [0.15, 0.2) is 81.7 Å². The number of carbonyl (C=O) groups is 1. The van der Waals surface area contributed by atoms with E-state index in [9.17, 15) is 10.1 Å². The number of Topliss-reactive ketones (excluding diaryl/α,β-unsaturated/α-hetero) is 1. The van der Waals surface area contributed by atoms with Crippen molar-refractivity contribution in [1.82, 2.24) is 0 Å². The van der Waals surface area contributed by atoms with Gasteiger partial charge in [0.1, 0.15) is 18.2 Å². The summed E-state index contributed by atoms with van der Waals surface area (Å²) in [5.74, 6) is 0.487. The van der Waals surface area contributed by atoms with Gasteiger partial charge in [-0.15, -0.1) is 0 Å². The van der Waals surface area contributed by atoms with Crippen LogP contribution in [0, 0.1) is 25.2 Å². The van der Waals surface area contributed by atoms with Gasteiger partial charge in [0.15, 0.2) is 5.78 Å². The first-order chi connectivity index (χ1) is 18.7. The number of halogens is 3. The molecule has 1 aliphatic carbocycles. The molecule has 0 saturated heterocycles. The molecule has 1 atom stereocenters. The third-order valence-corrected chi connectivity index (χ3v) is 8.72. The molecule has 1 unspecified atom stereocenters. The van der Waals surface area contributed by atoms with Gasteiger partial charge < -0.3 is 10.5 Å². The molecule has 0 radical (unpaired) electrons. The van der Waals surface area contributed by atoms with Crippen molar-refractivity contribution >= 4 is 50.6 Å². The molecule has 0 aromatic heterocycles. The average molecular weight is 623 g/mol. The number of nitrogens with zero attached hydrogens (tertiary/aromatic N) is 2. The van der Waals surface area contributed by atoms with E-state index in [0.29, 0.717) is 58.6 Å². The van der Waals surface area contributed by atoms with Crippen LogP contribution < -0.4 is 15.4 Å². The normalized spacial score (nSPS) is 17.3. The van der Waals surface area contributed by atoms with E-state index in [1.807, 2.05) is 38.1 Å². The standard InChI is InChI=1S/C31H26BrCl2N3O2/c1-17-12-18(2)21(13-19(17)16-39-28-9-4-3-6-23(28)32)29-22(15-35)31(36)37(20-10-11-24(33)25(34)14-20)26-7-5-8-27(38)30(26)29/h3-4,6,9-14,29H,5,7-8,16,36H2,1-2H3. The molecule has 39 heavy (non-hydrogen) atoms. The predicted molar refractivity (Wildman–Crippen MR) is 159 cm³/mol. The zero-order valence-corrected chi connectivity index (χ0v) is 24.6. The number of ketones is 1. The lowest BCUT2D eigenvalue weighted by atomic mass is 9.74. The Bertz CT molecular complexity index is 1610. The molecule has 0 spiro atoms. The number of anilines is 1. The summed E-state index contributed by atoms with van der Waals surface area (Å²) < 4.78 is 6.99. The summed E-state index contributed by atoms with van der Waals surface area (Å²) in [5.41, 5.74) is 13.0. The van der Waals surface area contributed by atoms with Crippen molar-refractivity contribution in [3.8, 4) is 11.8 Å². The van der Waals surface area contributed by atoms with Crippen LogP contribution in [0.3, 0.4) is 0 Å². The molecule has 0 fully saturated rings. The van der Waals surface area contributed by atoms with E-state index < -0.39 is 5.92 Å². The minimum absolute atomic E-state index is 0.0255. The SMILES string of the molecule is Cc1cc(C)c(C2C(C#N)=C(N)N(c3ccc(Cl)c(Cl)c3)C3=C2C(=O)CCC3)cc1COc1ccccc1Br. The highest BCUT2D eigenvalue weighted by Gasteiger charge is 2.41. The van der Waals surface area contributed by atoms with Gasteiger partial charge in [0.25, 0.3) is 0 Å².